The van der Waals surface area contributed by atoms with Crippen LogP contribution < -0.4 is 0 Å². The Hall–Kier alpha value is -3.83. The number of rotatable bonds is 1. The summed E-state index contributed by atoms with van der Waals surface area (Å²) in [5.74, 6) is 6.26. The lowest BCUT2D eigenvalue weighted by atomic mass is 9.56. The lowest BCUT2D eigenvalue weighted by Gasteiger charge is -2.48. The Bertz CT molecular complexity index is 2490. The summed E-state index contributed by atoms with van der Waals surface area (Å²) in [5.41, 5.74) is 17.6. The first-order chi connectivity index (χ1) is 23.5. The van der Waals surface area contributed by atoms with Gasteiger partial charge in [-0.25, -0.2) is 0 Å². The van der Waals surface area contributed by atoms with Gasteiger partial charge in [0, 0.05) is 21.5 Å². The molecule has 7 unspecified atom stereocenters. The maximum absolute atomic E-state index is 10.9. The zero-order chi connectivity index (χ0) is 31.4. The minimum absolute atomic E-state index is 0.566. The van der Waals surface area contributed by atoms with Crippen LogP contribution in [0.25, 0.3) is 49.2 Å². The molecule has 7 bridgehead atoms. The monoisotopic (exact) mass is 622 g/mol. The third-order valence-electron chi connectivity index (χ3n) is 16.3. The first kappa shape index (κ1) is 26.1. The van der Waals surface area contributed by atoms with Crippen LogP contribution in [-0.4, -0.2) is 4.40 Å². The van der Waals surface area contributed by atoms with Crippen molar-refractivity contribution < 1.29 is 0 Å². The minimum Gasteiger partial charge on any atom is -0.308 e. The maximum Gasteiger partial charge on any atom is 0.0995 e. The predicted molar refractivity (Wildman–Crippen MR) is 194 cm³/mol. The van der Waals surface area contributed by atoms with Gasteiger partial charge in [0.1, 0.15) is 0 Å². The van der Waals surface area contributed by atoms with Crippen LogP contribution in [-0.2, 0) is 0 Å². The average molecular weight is 623 g/mol. The highest BCUT2D eigenvalue weighted by atomic mass is 14.9. The Morgan fingerprint density at radius 2 is 1.33 bits per heavy atom. The van der Waals surface area contributed by atoms with Gasteiger partial charge >= 0.3 is 0 Å². The zero-order valence-corrected chi connectivity index (χ0v) is 28.2. The lowest BCUT2D eigenvalue weighted by Crippen LogP contribution is -2.41. The molecule has 0 aliphatic heterocycles. The topological polar surface area (TPSA) is 28.2 Å². The molecule has 8 aliphatic rings. The molecule has 14 rings (SSSR count). The second-order valence-corrected chi connectivity index (χ2v) is 18.2. The third-order valence-corrected chi connectivity index (χ3v) is 16.3. The van der Waals surface area contributed by atoms with Crippen molar-refractivity contribution in [3.8, 4) is 17.2 Å². The van der Waals surface area contributed by atoms with Gasteiger partial charge in [0.25, 0.3) is 0 Å². The molecule has 2 aromatic heterocycles. The van der Waals surface area contributed by atoms with Crippen molar-refractivity contribution in [2.45, 2.75) is 102 Å². The molecule has 0 saturated heterocycles. The number of nitriles is 1. The van der Waals surface area contributed by atoms with Gasteiger partial charge in [-0.15, -0.1) is 0 Å². The quantitative estimate of drug-likeness (QED) is 0.179. The van der Waals surface area contributed by atoms with Crippen molar-refractivity contribution in [1.29, 1.82) is 5.26 Å². The van der Waals surface area contributed by atoms with Gasteiger partial charge in [-0.05, 0) is 206 Å². The summed E-state index contributed by atoms with van der Waals surface area (Å²) in [4.78, 5) is 0. The number of nitrogens with zero attached hydrogens (tertiary/aromatic N) is 2. The van der Waals surface area contributed by atoms with Crippen LogP contribution in [0.5, 0.6) is 0 Å². The third kappa shape index (κ3) is 2.86. The van der Waals surface area contributed by atoms with Crippen LogP contribution in [0.15, 0.2) is 48.5 Å². The fraction of sp³-hybridized carbons (Fsp3) is 0.457. The molecule has 0 radical (unpaired) electrons. The summed E-state index contributed by atoms with van der Waals surface area (Å²) >= 11 is 0. The van der Waals surface area contributed by atoms with Gasteiger partial charge in [0.15, 0.2) is 0 Å². The van der Waals surface area contributed by atoms with Crippen LogP contribution in [0.1, 0.15) is 127 Å². The molecule has 8 aliphatic carbocycles. The largest absolute Gasteiger partial charge is 0.308 e. The van der Waals surface area contributed by atoms with Crippen LogP contribution in [0.4, 0.5) is 0 Å². The second kappa shape index (κ2) is 8.30. The molecule has 1 spiro atoms. The summed E-state index contributed by atoms with van der Waals surface area (Å²) in [6, 6.07) is 22.5. The fourth-order valence-corrected chi connectivity index (χ4v) is 14.9. The molecule has 48 heavy (non-hydrogen) atoms. The average Bonchev–Trinajstić information content (AvgIpc) is 3.71. The molecule has 6 aromatic rings. The number of benzene rings is 4. The van der Waals surface area contributed by atoms with E-state index in [0.29, 0.717) is 17.3 Å². The Balaban J connectivity index is 1.21. The molecule has 4 aromatic carbocycles. The summed E-state index contributed by atoms with van der Waals surface area (Å²) in [6.07, 6.45) is 13.8. The second-order valence-electron chi connectivity index (χ2n) is 18.2. The molecule has 0 amide bonds. The molecule has 2 heterocycles. The zero-order valence-electron chi connectivity index (χ0n) is 28.2. The van der Waals surface area contributed by atoms with Gasteiger partial charge in [-0.2, -0.15) is 5.26 Å². The van der Waals surface area contributed by atoms with Crippen molar-refractivity contribution in [3.63, 3.8) is 0 Å². The van der Waals surface area contributed by atoms with Crippen LogP contribution in [0.2, 0.25) is 0 Å². The van der Waals surface area contributed by atoms with E-state index in [4.69, 9.17) is 0 Å². The minimum atomic E-state index is 0.566. The molecular weight excluding hydrogens is 581 g/mol. The number of hydrogen-bond donors (Lipinski definition) is 0. The molecular formula is C46H42N2. The van der Waals surface area contributed by atoms with Crippen molar-refractivity contribution >= 4 is 38.1 Å². The number of fused-ring (bicyclic) bond motifs is 12. The van der Waals surface area contributed by atoms with Crippen molar-refractivity contribution in [3.05, 3.63) is 87.5 Å². The Morgan fingerprint density at radius 1 is 0.667 bits per heavy atom. The van der Waals surface area contributed by atoms with E-state index in [1.807, 2.05) is 0 Å². The van der Waals surface area contributed by atoms with E-state index in [9.17, 15) is 5.26 Å². The number of aryl methyl sites for hydroxylation is 2. The fourth-order valence-electron chi connectivity index (χ4n) is 14.9. The van der Waals surface area contributed by atoms with E-state index in [1.54, 1.807) is 16.7 Å². The molecule has 2 nitrogen and oxygen atoms in total. The van der Waals surface area contributed by atoms with Crippen molar-refractivity contribution in [2.75, 3.05) is 0 Å². The highest BCUT2D eigenvalue weighted by molar-refractivity contribution is 6.25. The van der Waals surface area contributed by atoms with E-state index < -0.39 is 0 Å². The standard InChI is InChI=1S/C46H42N2/c1-22-4-3-5-23(2)41(22)28-13-37-36-17-34-26-7-24-6-25(8-26)10-27(9-24)35(34)18-39(36)48-40-15-31(21-47)42-29-11-32-16-33-12-30(20-46(32,33)19-29)43(42)44(40)38(14-28)45(37)48/h3-5,13-15,17-18,24-27,29-30,32-33H,6-12,16,19-20H2,1-2H3. The molecule has 236 valence electrons. The molecule has 2 heteroatoms. The molecule has 7 atom stereocenters. The van der Waals surface area contributed by atoms with Gasteiger partial charge in [-0.3, -0.25) is 0 Å². The van der Waals surface area contributed by atoms with Gasteiger partial charge < -0.3 is 4.40 Å². The first-order valence-corrected chi connectivity index (χ1v) is 19.3. The van der Waals surface area contributed by atoms with E-state index in [2.05, 4.69) is 72.8 Å². The van der Waals surface area contributed by atoms with Crippen molar-refractivity contribution in [1.82, 2.24) is 4.40 Å². The van der Waals surface area contributed by atoms with Crippen LogP contribution >= 0.6 is 0 Å². The molecule has 5 saturated carbocycles. The molecule has 5 fully saturated rings. The van der Waals surface area contributed by atoms with Gasteiger partial charge in [0.05, 0.1) is 28.2 Å². The Kier molecular flexibility index (Phi) is 4.51. The Labute approximate surface area is 282 Å². The maximum atomic E-state index is 10.9. The summed E-state index contributed by atoms with van der Waals surface area (Å²) in [6.45, 7) is 4.58. The van der Waals surface area contributed by atoms with Crippen LogP contribution in [0.3, 0.4) is 0 Å². The van der Waals surface area contributed by atoms with Crippen molar-refractivity contribution in [2.24, 2.45) is 29.1 Å². The van der Waals surface area contributed by atoms with E-state index in [0.717, 1.165) is 41.1 Å². The predicted octanol–water partition coefficient (Wildman–Crippen LogP) is 11.8. The smallest absolute Gasteiger partial charge is 0.0995 e. The van der Waals surface area contributed by atoms with Crippen LogP contribution in [0, 0.1) is 54.3 Å². The summed E-state index contributed by atoms with van der Waals surface area (Å²) in [5, 5.41) is 16.7. The Morgan fingerprint density at radius 3 is 2.04 bits per heavy atom. The highest BCUT2D eigenvalue weighted by Crippen LogP contribution is 2.76. The lowest BCUT2D eigenvalue weighted by molar-refractivity contribution is 0.00322. The summed E-state index contributed by atoms with van der Waals surface area (Å²) < 4.78 is 2.66. The van der Waals surface area contributed by atoms with E-state index >= 15 is 0 Å². The molecule has 0 N–H and O–H groups in total. The SMILES string of the molecule is Cc1cccc(C)c1-c1cc2c3cc4c(cc3n3c5cc(C#N)c6c(c5c(c1)c23)C1CC2CC3CC6CC32C1)C1CC2CC(CC4C2)C1. The normalized spacial score (nSPS) is 34.9. The number of hydrogen-bond acceptors (Lipinski definition) is 1. The van der Waals surface area contributed by atoms with Gasteiger partial charge in [-0.1, -0.05) is 18.2 Å². The summed E-state index contributed by atoms with van der Waals surface area (Å²) in [7, 11) is 0. The number of aromatic nitrogens is 1. The first-order valence-electron chi connectivity index (χ1n) is 19.3. The van der Waals surface area contributed by atoms with E-state index in [1.165, 1.54) is 130 Å². The highest BCUT2D eigenvalue weighted by Gasteiger charge is 2.66. The van der Waals surface area contributed by atoms with Gasteiger partial charge in [0.2, 0.25) is 0 Å². The van der Waals surface area contributed by atoms with E-state index in [-0.39, 0.29) is 0 Å².